The number of hydrogen-bond donors (Lipinski definition) is 1. The largest absolute Gasteiger partial charge is 0.389 e. The van der Waals surface area contributed by atoms with Gasteiger partial charge in [0.2, 0.25) is 0 Å². The Morgan fingerprint density at radius 3 is 2.47 bits per heavy atom. The molecule has 45 heavy (non-hydrogen) atoms. The van der Waals surface area contributed by atoms with Crippen molar-refractivity contribution in [1.82, 2.24) is 19.1 Å². The van der Waals surface area contributed by atoms with E-state index >= 15 is 0 Å². The minimum absolute atomic E-state index is 0.115. The van der Waals surface area contributed by atoms with Crippen molar-refractivity contribution in [2.45, 2.75) is 55.1 Å². The Morgan fingerprint density at radius 2 is 1.80 bits per heavy atom. The molecule has 2 aromatic carbocycles. The van der Waals surface area contributed by atoms with Crippen LogP contribution in [0, 0.1) is 17.0 Å². The minimum atomic E-state index is -3.18. The first-order valence-electron chi connectivity index (χ1n) is 14.8. The van der Waals surface area contributed by atoms with Crippen molar-refractivity contribution in [2.24, 2.45) is 5.41 Å². The molecule has 2 aromatic heterocycles. The van der Waals surface area contributed by atoms with Gasteiger partial charge in [0.25, 0.3) is 0 Å². The van der Waals surface area contributed by atoms with Crippen LogP contribution in [0.25, 0.3) is 11.8 Å². The average Bonchev–Trinajstić information content (AvgIpc) is 3.63. The summed E-state index contributed by atoms with van der Waals surface area (Å²) < 4.78 is 45.5. The van der Waals surface area contributed by atoms with E-state index in [2.05, 4.69) is 16.0 Å². The third-order valence-electron chi connectivity index (χ3n) is 9.34. The Morgan fingerprint density at radius 1 is 1.11 bits per heavy atom. The maximum Gasteiger partial charge on any atom is 0.191 e. The molecule has 0 amide bonds. The van der Waals surface area contributed by atoms with Gasteiger partial charge in [-0.3, -0.25) is 9.78 Å². The molecule has 0 bridgehead atoms. The van der Waals surface area contributed by atoms with E-state index in [1.807, 2.05) is 6.08 Å². The van der Waals surface area contributed by atoms with E-state index in [0.717, 1.165) is 16.8 Å². The summed E-state index contributed by atoms with van der Waals surface area (Å²) in [6.07, 6.45) is 8.02. The lowest BCUT2D eigenvalue weighted by Gasteiger charge is -2.47. The van der Waals surface area contributed by atoms with Crippen molar-refractivity contribution < 1.29 is 22.9 Å². The van der Waals surface area contributed by atoms with Crippen LogP contribution in [0.3, 0.4) is 0 Å². The number of aliphatic hydroxyl groups is 1. The van der Waals surface area contributed by atoms with Crippen molar-refractivity contribution >= 4 is 39.0 Å². The number of nitrogens with zero attached hydrogens (tertiary/aromatic N) is 4. The summed E-state index contributed by atoms with van der Waals surface area (Å²) in [6.45, 7) is 0.115. The summed E-state index contributed by atoms with van der Waals surface area (Å²) in [7, 11) is -3.18. The molecule has 1 unspecified atom stereocenters. The second kappa shape index (κ2) is 11.0. The van der Waals surface area contributed by atoms with E-state index in [-0.39, 0.29) is 30.3 Å². The molecule has 0 saturated heterocycles. The van der Waals surface area contributed by atoms with Crippen LogP contribution in [-0.2, 0) is 16.1 Å². The fraction of sp³-hybridized carbons (Fsp3) is 0.294. The molecule has 3 atom stereocenters. The number of ketones is 1. The lowest BCUT2D eigenvalue weighted by atomic mass is 9.60. The smallest absolute Gasteiger partial charge is 0.191 e. The summed E-state index contributed by atoms with van der Waals surface area (Å²) in [6, 6.07) is 14.3. The van der Waals surface area contributed by atoms with Gasteiger partial charge in [-0.25, -0.2) is 22.0 Å². The molecule has 0 aliphatic heterocycles. The van der Waals surface area contributed by atoms with E-state index < -0.39 is 32.6 Å². The van der Waals surface area contributed by atoms with Gasteiger partial charge in [-0.05, 0) is 117 Å². The summed E-state index contributed by atoms with van der Waals surface area (Å²) in [4.78, 5) is 19.4. The third kappa shape index (κ3) is 5.43. The standard InChI is InChI=1S/C34H31ClF2N4O3S/c1-45(44,29-10-5-26(37)6-11-29)40(21-33(43)13-14-33)28-7-2-23-16-31-22(20-39-41(31)27-8-3-25(36)4-9-27)18-34(23,19-28)32(42)30-17-24(35)12-15-38-30/h3-6,8-12,15-17,20,28,43H,1-2,7,13-14,18-19,21H2/t28-,34-,45?/m0/s1. The lowest BCUT2D eigenvalue weighted by Crippen LogP contribution is -2.52. The molecule has 2 saturated carbocycles. The molecule has 4 aromatic rings. The first-order chi connectivity index (χ1) is 21.5. The molecule has 7 nitrogen and oxygen atoms in total. The number of allylic oxidation sites excluding steroid dienone is 1. The van der Waals surface area contributed by atoms with E-state index in [0.29, 0.717) is 47.7 Å². The predicted molar refractivity (Wildman–Crippen MR) is 170 cm³/mol. The molecule has 3 aliphatic carbocycles. The van der Waals surface area contributed by atoms with Crippen LogP contribution in [0.4, 0.5) is 8.78 Å². The highest BCUT2D eigenvalue weighted by atomic mass is 35.5. The number of pyridine rings is 1. The molecule has 7 rings (SSSR count). The SMILES string of the molecule is C=S(=O)(c1ccc(F)cc1)N(CC1(O)CC1)[C@H]1CCC2=Cc3c(cnn3-c3ccc(F)cc3)C[C@]2(C(=O)c2cc(Cl)ccn2)C1. The van der Waals surface area contributed by atoms with Gasteiger partial charge < -0.3 is 5.11 Å². The Balaban J connectivity index is 1.32. The van der Waals surface area contributed by atoms with Gasteiger partial charge in [0.1, 0.15) is 17.3 Å². The van der Waals surface area contributed by atoms with E-state index in [9.17, 15) is 22.9 Å². The zero-order valence-electron chi connectivity index (χ0n) is 24.3. The molecule has 11 heteroatoms. The number of halogens is 3. The Hall–Kier alpha value is -3.70. The third-order valence-corrected chi connectivity index (χ3v) is 11.8. The average molecular weight is 649 g/mol. The van der Waals surface area contributed by atoms with Crippen molar-refractivity contribution in [3.05, 3.63) is 112 Å². The van der Waals surface area contributed by atoms with Gasteiger partial charge in [-0.2, -0.15) is 5.10 Å². The first kappa shape index (κ1) is 30.0. The molecular formula is C34H31ClF2N4O3S. The Labute approximate surface area is 265 Å². The summed E-state index contributed by atoms with van der Waals surface area (Å²) in [5, 5.41) is 16.1. The number of benzene rings is 2. The normalized spacial score (nSPS) is 23.0. The molecule has 0 spiro atoms. The van der Waals surface area contributed by atoms with Crippen LogP contribution in [0.5, 0.6) is 0 Å². The molecule has 3 aliphatic rings. The van der Waals surface area contributed by atoms with Crippen molar-refractivity contribution in [3.8, 4) is 5.69 Å². The second-order valence-electron chi connectivity index (χ2n) is 12.4. The first-order valence-corrected chi connectivity index (χ1v) is 16.9. The van der Waals surface area contributed by atoms with Gasteiger partial charge >= 0.3 is 0 Å². The molecule has 0 radical (unpaired) electrons. The van der Waals surface area contributed by atoms with E-state index in [1.165, 1.54) is 42.6 Å². The molecule has 1 N–H and O–H groups in total. The number of fused-ring (bicyclic) bond motifs is 2. The van der Waals surface area contributed by atoms with Crippen molar-refractivity contribution in [2.75, 3.05) is 6.54 Å². The van der Waals surface area contributed by atoms with Crippen LogP contribution >= 0.6 is 11.6 Å². The fourth-order valence-corrected chi connectivity index (χ4v) is 8.84. The van der Waals surface area contributed by atoms with Crippen LogP contribution in [0.1, 0.15) is 53.8 Å². The summed E-state index contributed by atoms with van der Waals surface area (Å²) in [5.74, 6) is 3.12. The van der Waals surface area contributed by atoms with Crippen molar-refractivity contribution in [3.63, 3.8) is 0 Å². The van der Waals surface area contributed by atoms with Gasteiger partial charge in [-0.15, -0.1) is 0 Å². The lowest BCUT2D eigenvalue weighted by molar-refractivity contribution is 0.0674. The van der Waals surface area contributed by atoms with Crippen LogP contribution in [-0.4, -0.2) is 58.2 Å². The number of aromatic nitrogens is 3. The van der Waals surface area contributed by atoms with Gasteiger partial charge in [0.05, 0.1) is 38.3 Å². The predicted octanol–water partition coefficient (Wildman–Crippen LogP) is 6.08. The van der Waals surface area contributed by atoms with Crippen LogP contribution < -0.4 is 0 Å². The number of rotatable bonds is 8. The van der Waals surface area contributed by atoms with Crippen LogP contribution in [0.2, 0.25) is 5.02 Å². The van der Waals surface area contributed by atoms with Gasteiger partial charge in [0, 0.05) is 28.7 Å². The number of carbonyl (C=O) groups excluding carboxylic acids is 1. The molecule has 2 fully saturated rings. The zero-order valence-corrected chi connectivity index (χ0v) is 25.9. The summed E-state index contributed by atoms with van der Waals surface area (Å²) in [5.41, 5.74) is 1.40. The number of carbonyl (C=O) groups is 1. The topological polar surface area (TPSA) is 88.3 Å². The van der Waals surface area contributed by atoms with Gasteiger partial charge in [-0.1, -0.05) is 17.2 Å². The molecule has 232 valence electrons. The van der Waals surface area contributed by atoms with E-state index in [4.69, 9.17) is 11.6 Å². The second-order valence-corrected chi connectivity index (χ2v) is 15.0. The van der Waals surface area contributed by atoms with Gasteiger partial charge in [0.15, 0.2) is 5.78 Å². The molecule has 2 heterocycles. The highest BCUT2D eigenvalue weighted by Crippen LogP contribution is 2.52. The maximum absolute atomic E-state index is 14.6. The zero-order chi connectivity index (χ0) is 31.6. The highest BCUT2D eigenvalue weighted by molar-refractivity contribution is 7.98. The van der Waals surface area contributed by atoms with Crippen molar-refractivity contribution in [1.29, 1.82) is 0 Å². The minimum Gasteiger partial charge on any atom is -0.389 e. The number of Topliss-reactive ketones (excluding diaryl/α,β-unsaturated/α-hetero) is 1. The summed E-state index contributed by atoms with van der Waals surface area (Å²) >= 11 is 6.31. The fourth-order valence-electron chi connectivity index (χ4n) is 6.74. The van der Waals surface area contributed by atoms with E-state index in [1.54, 1.807) is 39.4 Å². The van der Waals surface area contributed by atoms with Crippen LogP contribution in [0.15, 0.2) is 83.5 Å². The monoisotopic (exact) mass is 648 g/mol. The molecular weight excluding hydrogens is 618 g/mol. The number of hydrogen-bond acceptors (Lipinski definition) is 5. The maximum atomic E-state index is 14.6. The Kier molecular flexibility index (Phi) is 7.31. The quantitative estimate of drug-likeness (QED) is 0.185. The Bertz CT molecular complexity index is 1940. The highest BCUT2D eigenvalue weighted by Gasteiger charge is 2.53.